The van der Waals surface area contributed by atoms with Gasteiger partial charge in [-0.25, -0.2) is 4.79 Å². The molecule has 26 heavy (non-hydrogen) atoms. The summed E-state index contributed by atoms with van der Waals surface area (Å²) in [5.41, 5.74) is 1.82. The van der Waals surface area contributed by atoms with Crippen molar-refractivity contribution in [3.05, 3.63) is 42.1 Å². The highest BCUT2D eigenvalue weighted by Gasteiger charge is 2.38. The summed E-state index contributed by atoms with van der Waals surface area (Å²) in [6.45, 7) is 7.83. The van der Waals surface area contributed by atoms with Crippen molar-refractivity contribution in [2.45, 2.75) is 26.4 Å². The van der Waals surface area contributed by atoms with Gasteiger partial charge in [0.25, 0.3) is 0 Å². The monoisotopic (exact) mass is 370 g/mol. The number of hydrogen-bond donors (Lipinski definition) is 0. The maximum Gasteiger partial charge on any atom is 0.410 e. The van der Waals surface area contributed by atoms with Crippen LogP contribution in [0.5, 0.6) is 0 Å². The van der Waals surface area contributed by atoms with E-state index < -0.39 is 5.60 Å². The average molecular weight is 370 g/mol. The molecule has 0 radical (unpaired) electrons. The molecule has 6 nitrogen and oxygen atoms in total. The molecular weight excluding hydrogens is 348 g/mol. The third-order valence-corrected chi connectivity index (χ3v) is 5.18. The summed E-state index contributed by atoms with van der Waals surface area (Å²) in [7, 11) is 0. The fourth-order valence-electron chi connectivity index (χ4n) is 3.24. The van der Waals surface area contributed by atoms with Crippen molar-refractivity contribution in [1.29, 1.82) is 0 Å². The van der Waals surface area contributed by atoms with E-state index in [9.17, 15) is 4.79 Å². The van der Waals surface area contributed by atoms with Crippen LogP contribution in [0, 0.1) is 5.92 Å². The molecule has 1 saturated heterocycles. The number of aromatic nitrogens is 2. The molecule has 1 amide bonds. The largest absolute Gasteiger partial charge is 0.444 e. The molecule has 1 aromatic carbocycles. The third-order valence-electron chi connectivity index (χ3n) is 4.42. The third kappa shape index (κ3) is 3.44. The van der Waals surface area contributed by atoms with E-state index in [0.717, 1.165) is 23.1 Å². The van der Waals surface area contributed by atoms with Gasteiger partial charge in [0.1, 0.15) is 5.60 Å². The van der Waals surface area contributed by atoms with Crippen molar-refractivity contribution in [2.75, 3.05) is 24.5 Å². The molecule has 0 aliphatic carbocycles. The van der Waals surface area contributed by atoms with Crippen LogP contribution in [0.3, 0.4) is 0 Å². The number of benzene rings is 1. The highest BCUT2D eigenvalue weighted by Crippen LogP contribution is 2.34. The molecule has 2 aliphatic rings. The lowest BCUT2D eigenvalue weighted by atomic mass is 10.1. The SMILES string of the molecule is CC(C)(C)OC(=O)N1CC2=CN(c3nc(-c4ccccc4)ns3)CC2C1. The van der Waals surface area contributed by atoms with Crippen LogP contribution in [0.4, 0.5) is 9.93 Å². The lowest BCUT2D eigenvalue weighted by molar-refractivity contribution is 0.0291. The van der Waals surface area contributed by atoms with E-state index in [-0.39, 0.29) is 6.09 Å². The van der Waals surface area contributed by atoms with Crippen LogP contribution in [-0.4, -0.2) is 45.6 Å². The van der Waals surface area contributed by atoms with Crippen LogP contribution in [0.1, 0.15) is 20.8 Å². The molecule has 2 aliphatic heterocycles. The van der Waals surface area contributed by atoms with Crippen molar-refractivity contribution in [1.82, 2.24) is 14.3 Å². The smallest absolute Gasteiger partial charge is 0.410 e. The van der Waals surface area contributed by atoms with Crippen LogP contribution in [-0.2, 0) is 4.74 Å². The first-order valence-electron chi connectivity index (χ1n) is 8.73. The molecule has 1 aromatic heterocycles. The number of carbonyl (C=O) groups is 1. The fourth-order valence-corrected chi connectivity index (χ4v) is 3.92. The number of likely N-dealkylation sites (tertiary alicyclic amines) is 1. The van der Waals surface area contributed by atoms with Crippen molar-refractivity contribution in [3.8, 4) is 11.4 Å². The predicted molar refractivity (Wildman–Crippen MR) is 102 cm³/mol. The maximum absolute atomic E-state index is 12.2. The summed E-state index contributed by atoms with van der Waals surface area (Å²) >= 11 is 1.41. The summed E-state index contributed by atoms with van der Waals surface area (Å²) in [4.78, 5) is 20.9. The second-order valence-electron chi connectivity index (χ2n) is 7.68. The van der Waals surface area contributed by atoms with Gasteiger partial charge in [0, 0.05) is 48.8 Å². The van der Waals surface area contributed by atoms with E-state index in [0.29, 0.717) is 19.0 Å². The molecule has 4 rings (SSSR count). The van der Waals surface area contributed by atoms with Crippen LogP contribution in [0.2, 0.25) is 0 Å². The molecule has 136 valence electrons. The maximum atomic E-state index is 12.2. The molecule has 1 unspecified atom stereocenters. The molecule has 0 saturated carbocycles. The van der Waals surface area contributed by atoms with Gasteiger partial charge in [-0.15, -0.1) is 0 Å². The van der Waals surface area contributed by atoms with Gasteiger partial charge >= 0.3 is 6.09 Å². The van der Waals surface area contributed by atoms with Crippen LogP contribution < -0.4 is 4.90 Å². The summed E-state index contributed by atoms with van der Waals surface area (Å²) in [5, 5.41) is 0.898. The van der Waals surface area contributed by atoms with Gasteiger partial charge in [0.15, 0.2) is 5.82 Å². The molecule has 0 N–H and O–H groups in total. The number of ether oxygens (including phenoxy) is 1. The zero-order valence-corrected chi connectivity index (χ0v) is 16.0. The average Bonchev–Trinajstić information content (AvgIpc) is 3.28. The highest BCUT2D eigenvalue weighted by atomic mass is 32.1. The van der Waals surface area contributed by atoms with Crippen LogP contribution >= 0.6 is 11.5 Å². The van der Waals surface area contributed by atoms with Gasteiger partial charge in [-0.05, 0) is 26.3 Å². The number of anilines is 1. The van der Waals surface area contributed by atoms with Crippen molar-refractivity contribution >= 4 is 22.8 Å². The van der Waals surface area contributed by atoms with E-state index in [1.54, 1.807) is 4.90 Å². The minimum absolute atomic E-state index is 0.235. The Morgan fingerprint density at radius 2 is 2.00 bits per heavy atom. The van der Waals surface area contributed by atoms with Crippen LogP contribution in [0.15, 0.2) is 42.1 Å². The Morgan fingerprint density at radius 3 is 2.69 bits per heavy atom. The lowest BCUT2D eigenvalue weighted by Crippen LogP contribution is -2.36. The zero-order valence-electron chi connectivity index (χ0n) is 15.2. The minimum atomic E-state index is -0.463. The van der Waals surface area contributed by atoms with Crippen molar-refractivity contribution in [2.24, 2.45) is 5.92 Å². The molecule has 3 heterocycles. The Balaban J connectivity index is 1.44. The number of amides is 1. The van der Waals surface area contributed by atoms with E-state index in [1.165, 1.54) is 17.1 Å². The molecule has 2 aromatic rings. The van der Waals surface area contributed by atoms with Gasteiger partial charge in [0.05, 0.1) is 0 Å². The Morgan fingerprint density at radius 1 is 1.23 bits per heavy atom. The molecule has 7 heteroatoms. The van der Waals surface area contributed by atoms with Gasteiger partial charge in [-0.2, -0.15) is 9.36 Å². The second kappa shape index (κ2) is 6.39. The fraction of sp³-hybridized carbons (Fsp3) is 0.421. The standard InChI is InChI=1S/C19H22N4O2S/c1-19(2,3)25-18(24)23-11-14-9-22(10-15(14)12-23)17-20-16(21-26-17)13-7-5-4-6-8-13/h4-9,15H,10-12H2,1-3H3. The summed E-state index contributed by atoms with van der Waals surface area (Å²) < 4.78 is 9.96. The Bertz CT molecular complexity index is 841. The number of nitrogens with zero attached hydrogens (tertiary/aromatic N) is 4. The molecule has 0 spiro atoms. The second-order valence-corrected chi connectivity index (χ2v) is 8.41. The number of fused-ring (bicyclic) bond motifs is 1. The first-order chi connectivity index (χ1) is 12.4. The van der Waals surface area contributed by atoms with Gasteiger partial charge in [0.2, 0.25) is 5.13 Å². The predicted octanol–water partition coefficient (Wildman–Crippen LogP) is 3.78. The number of carbonyl (C=O) groups excluding carboxylic acids is 1. The minimum Gasteiger partial charge on any atom is -0.444 e. The topological polar surface area (TPSA) is 58.6 Å². The van der Waals surface area contributed by atoms with E-state index in [4.69, 9.17) is 4.74 Å². The lowest BCUT2D eigenvalue weighted by Gasteiger charge is -2.25. The zero-order chi connectivity index (χ0) is 18.3. The van der Waals surface area contributed by atoms with Gasteiger partial charge in [-0.3, -0.25) is 0 Å². The van der Waals surface area contributed by atoms with E-state index >= 15 is 0 Å². The van der Waals surface area contributed by atoms with Crippen LogP contribution in [0.25, 0.3) is 11.4 Å². The van der Waals surface area contributed by atoms with Gasteiger partial charge < -0.3 is 14.5 Å². The van der Waals surface area contributed by atoms with Gasteiger partial charge in [-0.1, -0.05) is 30.3 Å². The molecular formula is C19H22N4O2S. The Kier molecular flexibility index (Phi) is 4.19. The van der Waals surface area contributed by atoms with Crippen molar-refractivity contribution in [3.63, 3.8) is 0 Å². The normalized spacial score (nSPS) is 19.5. The molecule has 1 atom stereocenters. The Labute approximate surface area is 157 Å². The first-order valence-corrected chi connectivity index (χ1v) is 9.51. The van der Waals surface area contributed by atoms with E-state index in [2.05, 4.69) is 20.5 Å². The van der Waals surface area contributed by atoms with Crippen molar-refractivity contribution < 1.29 is 9.53 Å². The first kappa shape index (κ1) is 17.0. The van der Waals surface area contributed by atoms with E-state index in [1.807, 2.05) is 51.1 Å². The number of rotatable bonds is 2. The quantitative estimate of drug-likeness (QED) is 0.805. The summed E-state index contributed by atoms with van der Waals surface area (Å²) in [6.07, 6.45) is 1.88. The molecule has 1 fully saturated rings. The number of hydrogen-bond acceptors (Lipinski definition) is 6. The molecule has 0 bridgehead atoms. The Hall–Kier alpha value is -2.41. The highest BCUT2D eigenvalue weighted by molar-refractivity contribution is 7.09. The summed E-state index contributed by atoms with van der Waals surface area (Å²) in [5.74, 6) is 1.10. The summed E-state index contributed by atoms with van der Waals surface area (Å²) in [6, 6.07) is 10.00.